The number of hydrogen-bond donors (Lipinski definition) is 0. The fourth-order valence-electron chi connectivity index (χ4n) is 3.36. The molecule has 4 aromatic rings. The van der Waals surface area contributed by atoms with Crippen molar-refractivity contribution in [3.63, 3.8) is 0 Å². The van der Waals surface area contributed by atoms with Crippen LogP contribution in [0.3, 0.4) is 0 Å². The van der Waals surface area contributed by atoms with Gasteiger partial charge in [-0.15, -0.1) is 0 Å². The van der Waals surface area contributed by atoms with E-state index in [2.05, 4.69) is 15.0 Å². The number of aromatic nitrogens is 4. The summed E-state index contributed by atoms with van der Waals surface area (Å²) in [5.41, 5.74) is 1.85. The van der Waals surface area contributed by atoms with E-state index in [0.717, 1.165) is 5.56 Å². The molecule has 0 atom stereocenters. The Labute approximate surface area is 212 Å². The summed E-state index contributed by atoms with van der Waals surface area (Å²) in [4.78, 5) is 11.4. The van der Waals surface area contributed by atoms with Gasteiger partial charge in [0.1, 0.15) is 0 Å². The van der Waals surface area contributed by atoms with Gasteiger partial charge in [0, 0.05) is 30.8 Å². The first kappa shape index (κ1) is 27.7. The molecule has 8 nitrogen and oxygen atoms in total. The zero-order valence-corrected chi connectivity index (χ0v) is 21.1. The lowest BCUT2D eigenvalue weighted by Crippen LogP contribution is -2.24. The van der Waals surface area contributed by atoms with Crippen molar-refractivity contribution in [2.75, 3.05) is 20.0 Å². The minimum absolute atomic E-state index is 0.207. The van der Waals surface area contributed by atoms with Crippen LogP contribution < -0.4 is 9.47 Å². The lowest BCUT2D eigenvalue weighted by Gasteiger charge is -2.13. The molecule has 0 amide bonds. The molecule has 0 bridgehead atoms. The summed E-state index contributed by atoms with van der Waals surface area (Å²) < 4.78 is 74.7. The van der Waals surface area contributed by atoms with Crippen LogP contribution in [0.4, 0.5) is 13.2 Å². The number of alkyl halides is 3. The van der Waals surface area contributed by atoms with Crippen molar-refractivity contribution in [3.8, 4) is 22.9 Å². The van der Waals surface area contributed by atoms with Gasteiger partial charge in [0.2, 0.25) is 15.0 Å². The van der Waals surface area contributed by atoms with Gasteiger partial charge >= 0.3 is 6.18 Å². The Morgan fingerprint density at radius 1 is 0.919 bits per heavy atom. The highest BCUT2D eigenvalue weighted by Crippen LogP contribution is 2.29. The second-order valence-electron chi connectivity index (χ2n) is 7.79. The second kappa shape index (κ2) is 11.9. The van der Waals surface area contributed by atoms with Crippen molar-refractivity contribution in [1.82, 2.24) is 19.5 Å². The average Bonchev–Trinajstić information content (AvgIpc) is 3.31. The predicted octanol–water partition coefficient (Wildman–Crippen LogP) is 4.74. The Balaban J connectivity index is 0.000000555. The minimum atomic E-state index is -4.89. The number of ether oxygens (including phenoxy) is 2. The highest BCUT2D eigenvalue weighted by molar-refractivity contribution is 7.91. The summed E-state index contributed by atoms with van der Waals surface area (Å²) in [6, 6.07) is 16.1. The topological polar surface area (TPSA) is 96.2 Å². The van der Waals surface area contributed by atoms with Crippen LogP contribution >= 0.6 is 0 Å². The van der Waals surface area contributed by atoms with Crippen LogP contribution in [0.5, 0.6) is 11.5 Å². The summed E-state index contributed by atoms with van der Waals surface area (Å²) in [6.07, 6.45) is 0.368. The minimum Gasteiger partial charge on any atom is -0.493 e. The molecule has 0 saturated heterocycles. The highest BCUT2D eigenvalue weighted by atomic mass is 32.2. The molecule has 0 radical (unpaired) electrons. The smallest absolute Gasteiger partial charge is 0.403 e. The standard InChI is InChI=1S/C20H20F3N3O4S.C5H5N/c1-13-9-15(25-19(24-13)31(27,28)12-20(21,22)23)16-5-4-8-26(16)11-14-6-7-17(29-2)18(10-14)30-3;1-2-4-6-5-3-1/h4-10H,11-12H2,1-3H3;1-5H. The molecule has 0 fully saturated rings. The number of sulfone groups is 1. The van der Waals surface area contributed by atoms with Crippen molar-refractivity contribution < 1.29 is 31.1 Å². The van der Waals surface area contributed by atoms with Gasteiger partial charge < -0.3 is 14.0 Å². The van der Waals surface area contributed by atoms with Gasteiger partial charge in [-0.25, -0.2) is 18.4 Å². The molecular formula is C25H25F3N4O4S. The van der Waals surface area contributed by atoms with Crippen molar-refractivity contribution >= 4 is 9.84 Å². The zero-order chi connectivity index (χ0) is 27.1. The first-order chi connectivity index (χ1) is 17.5. The number of pyridine rings is 1. The summed E-state index contributed by atoms with van der Waals surface area (Å²) in [5, 5.41) is -0.848. The van der Waals surface area contributed by atoms with Gasteiger partial charge in [0.05, 0.1) is 25.6 Å². The van der Waals surface area contributed by atoms with E-state index >= 15 is 0 Å². The number of aryl methyl sites for hydroxylation is 1. The fraction of sp³-hybridized carbons (Fsp3) is 0.240. The number of halogens is 3. The number of benzene rings is 1. The van der Waals surface area contributed by atoms with Gasteiger partial charge in [-0.3, -0.25) is 4.98 Å². The van der Waals surface area contributed by atoms with Crippen molar-refractivity contribution in [1.29, 1.82) is 0 Å². The summed E-state index contributed by atoms with van der Waals surface area (Å²) in [5.74, 6) is -0.896. The fourth-order valence-corrected chi connectivity index (χ4v) is 4.44. The van der Waals surface area contributed by atoms with E-state index in [1.807, 2.05) is 24.3 Å². The maximum absolute atomic E-state index is 12.7. The highest BCUT2D eigenvalue weighted by Gasteiger charge is 2.37. The first-order valence-corrected chi connectivity index (χ1v) is 12.5. The van der Waals surface area contributed by atoms with Crippen molar-refractivity contribution in [2.45, 2.75) is 24.8 Å². The van der Waals surface area contributed by atoms with Crippen molar-refractivity contribution in [3.05, 3.63) is 84.4 Å². The quantitative estimate of drug-likeness (QED) is 0.316. The van der Waals surface area contributed by atoms with Gasteiger partial charge in [-0.1, -0.05) is 12.1 Å². The molecule has 12 heteroatoms. The van der Waals surface area contributed by atoms with E-state index < -0.39 is 26.9 Å². The first-order valence-electron chi connectivity index (χ1n) is 10.9. The third kappa shape index (κ3) is 7.78. The number of hydrogen-bond acceptors (Lipinski definition) is 7. The molecule has 0 aliphatic rings. The average molecular weight is 535 g/mol. The SMILES string of the molecule is COc1ccc(Cn2cccc2-c2cc(C)nc(S(=O)(=O)CC(F)(F)F)n2)cc1OC.c1ccncc1. The maximum Gasteiger partial charge on any atom is 0.403 e. The summed E-state index contributed by atoms with van der Waals surface area (Å²) >= 11 is 0. The molecular weight excluding hydrogens is 509 g/mol. The maximum atomic E-state index is 12.7. The van der Waals surface area contributed by atoms with Gasteiger partial charge in [0.15, 0.2) is 17.3 Å². The van der Waals surface area contributed by atoms with Crippen LogP contribution in [-0.2, 0) is 16.4 Å². The third-order valence-electron chi connectivity index (χ3n) is 4.92. The van der Waals surface area contributed by atoms with Gasteiger partial charge in [-0.05, 0) is 55.0 Å². The van der Waals surface area contributed by atoms with Crippen LogP contribution in [0.1, 0.15) is 11.3 Å². The Hall–Kier alpha value is -3.93. The second-order valence-corrected chi connectivity index (χ2v) is 9.67. The normalized spacial score (nSPS) is 11.4. The molecule has 1 aromatic carbocycles. The predicted molar refractivity (Wildman–Crippen MR) is 131 cm³/mol. The van der Waals surface area contributed by atoms with E-state index in [1.165, 1.54) is 27.2 Å². The van der Waals surface area contributed by atoms with Crippen LogP contribution in [0.15, 0.2) is 78.3 Å². The molecule has 0 unspecified atom stereocenters. The molecule has 0 N–H and O–H groups in total. The van der Waals surface area contributed by atoms with E-state index in [1.54, 1.807) is 47.4 Å². The molecule has 3 heterocycles. The lowest BCUT2D eigenvalue weighted by atomic mass is 10.2. The Kier molecular flexibility index (Phi) is 8.87. The number of rotatable bonds is 7. The van der Waals surface area contributed by atoms with Crippen molar-refractivity contribution in [2.24, 2.45) is 0 Å². The lowest BCUT2D eigenvalue weighted by molar-refractivity contribution is -0.106. The van der Waals surface area contributed by atoms with E-state index in [-0.39, 0.29) is 11.4 Å². The molecule has 0 aliphatic heterocycles. The summed E-state index contributed by atoms with van der Waals surface area (Å²) in [6.45, 7) is 1.88. The Bertz CT molecular complexity index is 1400. The summed E-state index contributed by atoms with van der Waals surface area (Å²) in [7, 11) is -1.68. The monoisotopic (exact) mass is 534 g/mol. The molecule has 0 spiro atoms. The molecule has 196 valence electrons. The molecule has 37 heavy (non-hydrogen) atoms. The zero-order valence-electron chi connectivity index (χ0n) is 20.3. The largest absolute Gasteiger partial charge is 0.493 e. The van der Waals surface area contributed by atoms with Crippen LogP contribution in [-0.4, -0.2) is 54.1 Å². The van der Waals surface area contributed by atoms with Gasteiger partial charge in [0.25, 0.3) is 0 Å². The van der Waals surface area contributed by atoms with E-state index in [9.17, 15) is 21.6 Å². The number of nitrogens with zero attached hydrogens (tertiary/aromatic N) is 4. The van der Waals surface area contributed by atoms with E-state index in [0.29, 0.717) is 23.7 Å². The van der Waals surface area contributed by atoms with Gasteiger partial charge in [-0.2, -0.15) is 13.2 Å². The van der Waals surface area contributed by atoms with Crippen LogP contribution in [0, 0.1) is 6.92 Å². The van der Waals surface area contributed by atoms with Crippen LogP contribution in [0.25, 0.3) is 11.4 Å². The Morgan fingerprint density at radius 2 is 1.62 bits per heavy atom. The molecule has 3 aromatic heterocycles. The third-order valence-corrected chi connectivity index (χ3v) is 6.37. The van der Waals surface area contributed by atoms with E-state index in [4.69, 9.17) is 9.47 Å². The Morgan fingerprint density at radius 3 is 2.19 bits per heavy atom. The van der Waals surface area contributed by atoms with Crippen LogP contribution in [0.2, 0.25) is 0 Å². The molecule has 0 saturated carbocycles. The number of methoxy groups -OCH3 is 2. The molecule has 4 rings (SSSR count). The molecule has 0 aliphatic carbocycles.